The van der Waals surface area contributed by atoms with Gasteiger partial charge in [0.1, 0.15) is 11.7 Å². The van der Waals surface area contributed by atoms with Crippen molar-refractivity contribution < 1.29 is 29.6 Å². The van der Waals surface area contributed by atoms with E-state index in [0.29, 0.717) is 30.9 Å². The van der Waals surface area contributed by atoms with Gasteiger partial charge >= 0.3 is 5.97 Å². The second-order valence-electron chi connectivity index (χ2n) is 9.35. The number of hydrogen-bond donors (Lipinski definition) is 3. The number of epoxide rings is 1. The van der Waals surface area contributed by atoms with E-state index in [1.54, 1.807) is 0 Å². The van der Waals surface area contributed by atoms with Crippen molar-refractivity contribution in [3.8, 4) is 0 Å². The molecule has 6 heteroatoms. The minimum Gasteiger partial charge on any atom is -0.429 e. The van der Waals surface area contributed by atoms with Crippen LogP contribution in [0.5, 0.6) is 0 Å². The summed E-state index contributed by atoms with van der Waals surface area (Å²) in [6, 6.07) is 0. The van der Waals surface area contributed by atoms with E-state index in [9.17, 15) is 20.1 Å². The fourth-order valence-electron chi connectivity index (χ4n) is 6.20. The first kappa shape index (κ1) is 18.4. The third-order valence-corrected chi connectivity index (χ3v) is 8.33. The normalized spacial score (nSPS) is 53.2. The SMILES string of the molecule is C[C@H]1CC[C@]2(C)[C@H](C[C@H](O)[C@H](O)[C@@]23CO3)[C@@]1(C)CCC1=CC(=O)O[C@@H]1O. The molecular weight excluding hydrogens is 336 g/mol. The molecule has 0 unspecified atom stereocenters. The molecule has 4 rings (SSSR count). The number of aliphatic hydroxyl groups is 3. The molecule has 3 N–H and O–H groups in total. The third-order valence-electron chi connectivity index (χ3n) is 8.33. The van der Waals surface area contributed by atoms with E-state index in [2.05, 4.69) is 20.8 Å². The van der Waals surface area contributed by atoms with Gasteiger partial charge < -0.3 is 24.8 Å². The third kappa shape index (κ3) is 2.35. The van der Waals surface area contributed by atoms with Crippen molar-refractivity contribution in [2.75, 3.05) is 6.61 Å². The number of ether oxygens (including phenoxy) is 2. The van der Waals surface area contributed by atoms with Crippen molar-refractivity contribution in [2.45, 2.75) is 77.0 Å². The molecule has 0 bridgehead atoms. The van der Waals surface area contributed by atoms with Crippen LogP contribution in [-0.2, 0) is 14.3 Å². The summed E-state index contributed by atoms with van der Waals surface area (Å²) < 4.78 is 10.6. The Kier molecular flexibility index (Phi) is 4.09. The number of carbonyl (C=O) groups excluding carboxylic acids is 1. The standard InChI is InChI=1S/C20H30O6/c1-11-4-7-19(3)14(9-13(21)16(23)20(19)10-25-20)18(11,2)6-5-12-8-15(22)26-17(12)24/h8,11,13-14,16-17,21,23-24H,4-7,9-10H2,1-3H3/t11-,13-,14+,16-,17-,18-,19+,20-/m0/s1. The first-order valence-electron chi connectivity index (χ1n) is 9.73. The van der Waals surface area contributed by atoms with Gasteiger partial charge in [-0.3, -0.25) is 0 Å². The Morgan fingerprint density at radius 2 is 1.96 bits per heavy atom. The molecule has 8 atom stereocenters. The average Bonchev–Trinajstić information content (AvgIpc) is 3.33. The predicted molar refractivity (Wildman–Crippen MR) is 92.8 cm³/mol. The summed E-state index contributed by atoms with van der Waals surface area (Å²) in [6.45, 7) is 7.22. The van der Waals surface area contributed by atoms with Crippen LogP contribution in [0.1, 0.15) is 52.9 Å². The van der Waals surface area contributed by atoms with Gasteiger partial charge in [-0.05, 0) is 49.4 Å². The van der Waals surface area contributed by atoms with Crippen LogP contribution in [0.3, 0.4) is 0 Å². The van der Waals surface area contributed by atoms with Gasteiger partial charge in [0, 0.05) is 17.1 Å². The first-order valence-corrected chi connectivity index (χ1v) is 9.73. The first-order chi connectivity index (χ1) is 12.1. The Labute approximate surface area is 154 Å². The highest BCUT2D eigenvalue weighted by atomic mass is 16.6. The lowest BCUT2D eigenvalue weighted by Gasteiger charge is -2.61. The number of hydrogen-bond acceptors (Lipinski definition) is 6. The van der Waals surface area contributed by atoms with Gasteiger partial charge in [0.05, 0.1) is 12.7 Å². The van der Waals surface area contributed by atoms with Gasteiger partial charge in [0.15, 0.2) is 0 Å². The van der Waals surface area contributed by atoms with Crippen LogP contribution >= 0.6 is 0 Å². The summed E-state index contributed by atoms with van der Waals surface area (Å²) in [5.41, 5.74) is -0.257. The summed E-state index contributed by atoms with van der Waals surface area (Å²) in [5, 5.41) is 31.0. The summed E-state index contributed by atoms with van der Waals surface area (Å²) in [5.74, 6) is 0.158. The Balaban J connectivity index is 1.62. The second-order valence-corrected chi connectivity index (χ2v) is 9.35. The summed E-state index contributed by atoms with van der Waals surface area (Å²) in [7, 11) is 0. The number of fused-ring (bicyclic) bond motifs is 2. The molecule has 26 heavy (non-hydrogen) atoms. The van der Waals surface area contributed by atoms with E-state index in [0.717, 1.165) is 19.3 Å². The fraction of sp³-hybridized carbons (Fsp3) is 0.850. The maximum absolute atomic E-state index is 11.4. The number of cyclic esters (lactones) is 1. The summed E-state index contributed by atoms with van der Waals surface area (Å²) in [6.07, 6.45) is 2.62. The van der Waals surface area contributed by atoms with Gasteiger partial charge in [-0.1, -0.05) is 20.8 Å². The number of aliphatic hydroxyl groups excluding tert-OH is 3. The van der Waals surface area contributed by atoms with Crippen LogP contribution in [0.15, 0.2) is 11.6 Å². The van der Waals surface area contributed by atoms with E-state index >= 15 is 0 Å². The summed E-state index contributed by atoms with van der Waals surface area (Å²) in [4.78, 5) is 11.4. The highest BCUT2D eigenvalue weighted by Crippen LogP contribution is 2.68. The van der Waals surface area contributed by atoms with E-state index in [-0.39, 0.29) is 16.7 Å². The maximum Gasteiger partial charge on any atom is 0.333 e. The van der Waals surface area contributed by atoms with Crippen molar-refractivity contribution in [3.63, 3.8) is 0 Å². The molecule has 6 nitrogen and oxygen atoms in total. The maximum atomic E-state index is 11.4. The monoisotopic (exact) mass is 366 g/mol. The molecule has 2 heterocycles. The minimum absolute atomic E-state index is 0.0841. The van der Waals surface area contributed by atoms with Crippen molar-refractivity contribution >= 4 is 5.97 Å². The van der Waals surface area contributed by atoms with Gasteiger partial charge in [0.2, 0.25) is 6.29 Å². The van der Waals surface area contributed by atoms with E-state index in [1.165, 1.54) is 6.08 Å². The molecule has 1 spiro atoms. The fourth-order valence-corrected chi connectivity index (χ4v) is 6.20. The second kappa shape index (κ2) is 5.77. The van der Waals surface area contributed by atoms with Gasteiger partial charge in [-0.25, -0.2) is 4.79 Å². The van der Waals surface area contributed by atoms with E-state index in [4.69, 9.17) is 9.47 Å². The van der Waals surface area contributed by atoms with Crippen LogP contribution in [0.25, 0.3) is 0 Å². The highest BCUT2D eigenvalue weighted by molar-refractivity contribution is 5.85. The van der Waals surface area contributed by atoms with Crippen LogP contribution in [0, 0.1) is 22.7 Å². The highest BCUT2D eigenvalue weighted by Gasteiger charge is 2.73. The van der Waals surface area contributed by atoms with Gasteiger partial charge in [-0.15, -0.1) is 0 Å². The molecule has 2 aliphatic carbocycles. The number of carbonyl (C=O) groups is 1. The van der Waals surface area contributed by atoms with E-state index in [1.807, 2.05) is 0 Å². The Bertz CT molecular complexity index is 640. The smallest absolute Gasteiger partial charge is 0.333 e. The molecule has 2 saturated carbocycles. The zero-order valence-corrected chi connectivity index (χ0v) is 15.8. The number of esters is 1. The average molecular weight is 366 g/mol. The molecule has 0 aromatic carbocycles. The van der Waals surface area contributed by atoms with Crippen molar-refractivity contribution in [2.24, 2.45) is 22.7 Å². The molecule has 0 amide bonds. The van der Waals surface area contributed by atoms with Gasteiger partial charge in [-0.2, -0.15) is 0 Å². The summed E-state index contributed by atoms with van der Waals surface area (Å²) >= 11 is 0. The molecule has 146 valence electrons. The molecule has 0 radical (unpaired) electrons. The topological polar surface area (TPSA) is 99.5 Å². The zero-order valence-electron chi connectivity index (χ0n) is 15.8. The predicted octanol–water partition coefficient (Wildman–Crippen LogP) is 1.52. The molecule has 2 aliphatic heterocycles. The minimum atomic E-state index is -1.13. The van der Waals surface area contributed by atoms with E-state index < -0.39 is 30.1 Å². The molecule has 1 saturated heterocycles. The quantitative estimate of drug-likeness (QED) is 0.517. The molecule has 3 fully saturated rings. The lowest BCUT2D eigenvalue weighted by Crippen LogP contribution is -2.65. The Morgan fingerprint density at radius 1 is 1.27 bits per heavy atom. The van der Waals surface area contributed by atoms with Gasteiger partial charge in [0.25, 0.3) is 0 Å². The zero-order chi connectivity index (χ0) is 18.9. The molecule has 0 aromatic heterocycles. The van der Waals surface area contributed by atoms with Crippen LogP contribution < -0.4 is 0 Å². The van der Waals surface area contributed by atoms with Crippen molar-refractivity contribution in [3.05, 3.63) is 11.6 Å². The lowest BCUT2D eigenvalue weighted by atomic mass is 9.43. The lowest BCUT2D eigenvalue weighted by molar-refractivity contribution is -0.197. The van der Waals surface area contributed by atoms with Crippen molar-refractivity contribution in [1.29, 1.82) is 0 Å². The Morgan fingerprint density at radius 3 is 2.54 bits per heavy atom. The molecular formula is C20H30O6. The largest absolute Gasteiger partial charge is 0.429 e. The van der Waals surface area contributed by atoms with Crippen LogP contribution in [0.4, 0.5) is 0 Å². The molecule has 0 aromatic rings. The van der Waals surface area contributed by atoms with Crippen molar-refractivity contribution in [1.82, 2.24) is 0 Å². The number of rotatable bonds is 3. The van der Waals surface area contributed by atoms with Crippen LogP contribution in [-0.4, -0.2) is 52.0 Å². The molecule has 4 aliphatic rings. The Hall–Kier alpha value is -0.950. The van der Waals surface area contributed by atoms with Crippen LogP contribution in [0.2, 0.25) is 0 Å².